The van der Waals surface area contributed by atoms with Crippen molar-refractivity contribution >= 4 is 11.3 Å². The summed E-state index contributed by atoms with van der Waals surface area (Å²) in [6.45, 7) is 4.38. The lowest BCUT2D eigenvalue weighted by molar-refractivity contribution is 0.428. The van der Waals surface area contributed by atoms with Crippen molar-refractivity contribution in [3.05, 3.63) is 95.3 Å². The van der Waals surface area contributed by atoms with Gasteiger partial charge in [-0.2, -0.15) is 0 Å². The van der Waals surface area contributed by atoms with Crippen LogP contribution in [-0.4, -0.2) is 0 Å². The van der Waals surface area contributed by atoms with Gasteiger partial charge in [-0.25, -0.2) is 0 Å². The minimum Gasteiger partial charge on any atom is -0.464 e. The Morgan fingerprint density at radius 2 is 1.38 bits per heavy atom. The molecule has 0 fully saturated rings. The van der Waals surface area contributed by atoms with Gasteiger partial charge in [-0.15, -0.1) is 0 Å². The molecule has 3 rings (SSSR count). The Labute approximate surface area is 145 Å². The fourth-order valence-electron chi connectivity index (χ4n) is 2.98. The Kier molecular flexibility index (Phi) is 5.32. The molecule has 0 unspecified atom stereocenters. The molecule has 0 atom stereocenters. The Balaban J connectivity index is 2.12. The van der Waals surface area contributed by atoms with Crippen LogP contribution in [0.4, 0.5) is 0 Å². The van der Waals surface area contributed by atoms with E-state index in [0.29, 0.717) is 0 Å². The Hall–Kier alpha value is -2.54. The zero-order valence-corrected chi connectivity index (χ0v) is 14.5. The van der Waals surface area contributed by atoms with E-state index in [9.17, 15) is 0 Å². The molecule has 0 radical (unpaired) electrons. The predicted octanol–water partition coefficient (Wildman–Crippen LogP) is 6.61. The lowest BCUT2D eigenvalue weighted by Crippen LogP contribution is -1.95. The lowest BCUT2D eigenvalue weighted by atomic mass is 9.95. The van der Waals surface area contributed by atoms with Gasteiger partial charge in [-0.05, 0) is 55.9 Å². The van der Waals surface area contributed by atoms with E-state index in [1.807, 2.05) is 24.5 Å². The molecule has 1 aliphatic heterocycles. The van der Waals surface area contributed by atoms with Gasteiger partial charge in [0.1, 0.15) is 5.76 Å². The predicted molar refractivity (Wildman–Crippen MR) is 102 cm³/mol. The molecule has 0 saturated carbocycles. The zero-order chi connectivity index (χ0) is 16.8. The number of ether oxygens (including phenoxy) is 1. The van der Waals surface area contributed by atoms with Gasteiger partial charge in [0.05, 0.1) is 6.26 Å². The number of benzene rings is 2. The summed E-state index contributed by atoms with van der Waals surface area (Å²) in [7, 11) is 0. The van der Waals surface area contributed by atoms with E-state index >= 15 is 0 Å². The molecule has 0 amide bonds. The summed E-state index contributed by atoms with van der Waals surface area (Å²) in [6, 6.07) is 20.9. The minimum atomic E-state index is 0.898. The molecule has 1 heterocycles. The van der Waals surface area contributed by atoms with Crippen LogP contribution in [0.15, 0.2) is 84.1 Å². The van der Waals surface area contributed by atoms with Crippen molar-refractivity contribution in [1.29, 1.82) is 0 Å². The summed E-state index contributed by atoms with van der Waals surface area (Å²) in [5, 5.41) is 0. The van der Waals surface area contributed by atoms with Gasteiger partial charge < -0.3 is 4.74 Å². The number of hydrogen-bond donors (Lipinski definition) is 0. The average molecular weight is 316 g/mol. The summed E-state index contributed by atoms with van der Waals surface area (Å²) in [4.78, 5) is 0. The third kappa shape index (κ3) is 4.05. The molecule has 2 aromatic rings. The Bertz CT molecular complexity index is 764. The molecular formula is C23H24O. The van der Waals surface area contributed by atoms with Gasteiger partial charge in [-0.3, -0.25) is 0 Å². The molecule has 0 aliphatic carbocycles. The maximum Gasteiger partial charge on any atom is 0.134 e. The van der Waals surface area contributed by atoms with E-state index in [1.54, 1.807) is 0 Å². The van der Waals surface area contributed by atoms with Crippen molar-refractivity contribution in [1.82, 2.24) is 0 Å². The highest BCUT2D eigenvalue weighted by atomic mass is 16.5. The Morgan fingerprint density at radius 3 is 2.04 bits per heavy atom. The van der Waals surface area contributed by atoms with Crippen LogP contribution in [0, 0.1) is 0 Å². The summed E-state index contributed by atoms with van der Waals surface area (Å²) in [5.41, 5.74) is 6.31. The Morgan fingerprint density at radius 1 is 0.750 bits per heavy atom. The van der Waals surface area contributed by atoms with Crippen LogP contribution in [0.5, 0.6) is 0 Å². The van der Waals surface area contributed by atoms with Crippen LogP contribution >= 0.6 is 0 Å². The molecule has 122 valence electrons. The van der Waals surface area contributed by atoms with Gasteiger partial charge in [0.15, 0.2) is 0 Å². The topological polar surface area (TPSA) is 9.23 Å². The first-order valence-electron chi connectivity index (χ1n) is 8.58. The van der Waals surface area contributed by atoms with Crippen molar-refractivity contribution in [2.75, 3.05) is 0 Å². The van der Waals surface area contributed by atoms with Crippen molar-refractivity contribution in [2.45, 2.75) is 33.1 Å². The quantitative estimate of drug-likeness (QED) is 0.606. The normalized spacial score (nSPS) is 23.4. The highest BCUT2D eigenvalue weighted by Crippen LogP contribution is 2.30. The van der Waals surface area contributed by atoms with Gasteiger partial charge in [0.2, 0.25) is 0 Å². The van der Waals surface area contributed by atoms with Crippen molar-refractivity contribution in [3.63, 3.8) is 0 Å². The first kappa shape index (κ1) is 16.3. The number of hydrogen-bond acceptors (Lipinski definition) is 1. The summed E-state index contributed by atoms with van der Waals surface area (Å²) >= 11 is 0. The minimum absolute atomic E-state index is 0.898. The molecule has 0 aromatic heterocycles. The third-order valence-electron chi connectivity index (χ3n) is 4.39. The molecule has 1 heteroatoms. The standard InChI is InChI=1S/C23H24O/c1-18-10-9-11-19(2)22(20-12-5-3-6-13-20)16-23(24-17-18)21-14-7-4-8-15-21/h3-8,12-17H,9-11H2,1-2H3/b18-17+,22-19-,23-16-. The van der Waals surface area contributed by atoms with Crippen molar-refractivity contribution < 1.29 is 4.74 Å². The maximum atomic E-state index is 6.08. The van der Waals surface area contributed by atoms with Gasteiger partial charge >= 0.3 is 0 Å². The second kappa shape index (κ2) is 7.83. The van der Waals surface area contributed by atoms with Crippen LogP contribution in [0.3, 0.4) is 0 Å². The van der Waals surface area contributed by atoms with E-state index in [0.717, 1.165) is 30.6 Å². The largest absolute Gasteiger partial charge is 0.464 e. The first-order valence-corrected chi connectivity index (χ1v) is 8.58. The smallest absolute Gasteiger partial charge is 0.134 e. The maximum absolute atomic E-state index is 6.08. The average Bonchev–Trinajstić information content (AvgIpc) is 2.63. The highest BCUT2D eigenvalue weighted by Gasteiger charge is 2.10. The van der Waals surface area contributed by atoms with Crippen LogP contribution < -0.4 is 0 Å². The van der Waals surface area contributed by atoms with Crippen molar-refractivity contribution in [3.8, 4) is 0 Å². The van der Waals surface area contributed by atoms with E-state index in [2.05, 4.69) is 62.4 Å². The molecule has 0 N–H and O–H groups in total. The molecule has 0 saturated heterocycles. The van der Waals surface area contributed by atoms with E-state index in [-0.39, 0.29) is 0 Å². The van der Waals surface area contributed by atoms with Crippen LogP contribution in [-0.2, 0) is 4.74 Å². The van der Waals surface area contributed by atoms with E-state index in [1.165, 1.54) is 22.3 Å². The molecule has 0 spiro atoms. The lowest BCUT2D eigenvalue weighted by Gasteiger charge is -2.15. The second-order valence-electron chi connectivity index (χ2n) is 6.37. The van der Waals surface area contributed by atoms with Gasteiger partial charge in [-0.1, -0.05) is 66.2 Å². The first-order chi connectivity index (χ1) is 11.7. The summed E-state index contributed by atoms with van der Waals surface area (Å²) < 4.78 is 6.08. The van der Waals surface area contributed by atoms with Crippen LogP contribution in [0.1, 0.15) is 44.2 Å². The zero-order valence-electron chi connectivity index (χ0n) is 14.5. The number of allylic oxidation sites excluding steroid dienone is 4. The SMILES string of the molecule is C/C1=C(c2ccccc2)\C=C(\c2ccccc2)O/C=C(\C)CCC1. The van der Waals surface area contributed by atoms with Gasteiger partial charge in [0, 0.05) is 5.56 Å². The molecule has 1 aliphatic rings. The molecule has 2 aromatic carbocycles. The molecule has 1 nitrogen and oxygen atoms in total. The number of rotatable bonds is 2. The second-order valence-corrected chi connectivity index (χ2v) is 6.37. The van der Waals surface area contributed by atoms with Gasteiger partial charge in [0.25, 0.3) is 0 Å². The summed E-state index contributed by atoms with van der Waals surface area (Å²) in [6.07, 6.45) is 7.43. The van der Waals surface area contributed by atoms with Crippen LogP contribution in [0.25, 0.3) is 11.3 Å². The monoisotopic (exact) mass is 316 g/mol. The molecular weight excluding hydrogens is 292 g/mol. The third-order valence-corrected chi connectivity index (χ3v) is 4.39. The van der Waals surface area contributed by atoms with E-state index < -0.39 is 0 Å². The van der Waals surface area contributed by atoms with Crippen molar-refractivity contribution in [2.24, 2.45) is 0 Å². The molecule has 24 heavy (non-hydrogen) atoms. The summed E-state index contributed by atoms with van der Waals surface area (Å²) in [5.74, 6) is 0.898. The van der Waals surface area contributed by atoms with Crippen LogP contribution in [0.2, 0.25) is 0 Å². The highest BCUT2D eigenvalue weighted by molar-refractivity contribution is 5.83. The molecule has 0 bridgehead atoms. The fourth-order valence-corrected chi connectivity index (χ4v) is 2.98. The fraction of sp³-hybridized carbons (Fsp3) is 0.217. The van der Waals surface area contributed by atoms with E-state index in [4.69, 9.17) is 4.74 Å².